The van der Waals surface area contributed by atoms with Gasteiger partial charge in [-0.15, -0.1) is 0 Å². The molecule has 0 aliphatic heterocycles. The summed E-state index contributed by atoms with van der Waals surface area (Å²) in [5.41, 5.74) is 2.04. The third-order valence-corrected chi connectivity index (χ3v) is 1.68. The van der Waals surface area contributed by atoms with E-state index in [1.54, 1.807) is 0 Å². The Morgan fingerprint density at radius 1 is 1.43 bits per heavy atom. The van der Waals surface area contributed by atoms with Crippen molar-refractivity contribution in [1.82, 2.24) is 6.15 Å². The Balaban J connectivity index is 0. The molecule has 4 nitrogen and oxygen atoms in total. The molecular formula is C10H18N2O2. The molecule has 0 radical (unpaired) electrons. The summed E-state index contributed by atoms with van der Waals surface area (Å²) < 4.78 is 4.84. The second kappa shape index (κ2) is 5.99. The number of hydrogen-bond acceptors (Lipinski definition) is 4. The molecule has 4 heteroatoms. The Kier molecular flexibility index (Phi) is 5.33. The van der Waals surface area contributed by atoms with E-state index < -0.39 is 0 Å². The molecule has 0 fully saturated rings. The third kappa shape index (κ3) is 3.91. The Labute approximate surface area is 85.3 Å². The average molecular weight is 198 g/mol. The first-order valence-corrected chi connectivity index (χ1v) is 4.12. The van der Waals surface area contributed by atoms with E-state index >= 15 is 0 Å². The van der Waals surface area contributed by atoms with Gasteiger partial charge >= 0.3 is 5.97 Å². The minimum absolute atomic E-state index is 0. The normalized spacial score (nSPS) is 8.71. The van der Waals surface area contributed by atoms with Crippen LogP contribution in [0.3, 0.4) is 0 Å². The molecule has 0 spiro atoms. The molecular weight excluding hydrogens is 180 g/mol. The zero-order chi connectivity index (χ0) is 9.68. The molecule has 0 aliphatic rings. The number of benzene rings is 1. The van der Waals surface area contributed by atoms with E-state index in [9.17, 15) is 4.79 Å². The molecule has 1 aromatic carbocycles. The third-order valence-electron chi connectivity index (χ3n) is 1.68. The maximum atomic E-state index is 10.5. The molecule has 1 aromatic rings. The molecule has 0 bridgehead atoms. The van der Waals surface area contributed by atoms with Crippen LogP contribution in [-0.4, -0.2) is 13.0 Å². The molecule has 4 N–H and O–H groups in total. The van der Waals surface area contributed by atoms with Crippen molar-refractivity contribution in [2.24, 2.45) is 0 Å². The van der Waals surface area contributed by atoms with Gasteiger partial charge in [-0.3, -0.25) is 4.79 Å². The summed E-state index contributed by atoms with van der Waals surface area (Å²) in [4.78, 5) is 10.5. The molecule has 0 unspecified atom stereocenters. The number of nitrogens with one attached hydrogen (secondary N) is 1. The highest BCUT2D eigenvalue weighted by Crippen LogP contribution is 2.09. The number of carbonyl (C=O) groups excluding carboxylic acids is 1. The molecule has 0 heterocycles. The lowest BCUT2D eigenvalue weighted by Gasteiger charge is -2.03. The molecule has 14 heavy (non-hydrogen) atoms. The van der Waals surface area contributed by atoms with Crippen molar-refractivity contribution in [2.75, 3.05) is 12.4 Å². The fourth-order valence-corrected chi connectivity index (χ4v) is 0.953. The fourth-order valence-electron chi connectivity index (χ4n) is 0.953. The molecule has 80 valence electrons. The quantitative estimate of drug-likeness (QED) is 0.730. The molecule has 0 atom stereocenters. The van der Waals surface area contributed by atoms with Crippen LogP contribution in [0.15, 0.2) is 24.3 Å². The van der Waals surface area contributed by atoms with Crippen molar-refractivity contribution in [3.05, 3.63) is 29.8 Å². The van der Waals surface area contributed by atoms with E-state index in [4.69, 9.17) is 4.74 Å². The zero-order valence-electron chi connectivity index (χ0n) is 8.54. The van der Waals surface area contributed by atoms with Crippen molar-refractivity contribution in [2.45, 2.75) is 13.5 Å². The molecule has 0 saturated carbocycles. The number of anilines is 1. The van der Waals surface area contributed by atoms with Crippen molar-refractivity contribution >= 4 is 11.7 Å². The summed E-state index contributed by atoms with van der Waals surface area (Å²) in [6.45, 7) is 1.75. The molecule has 0 saturated heterocycles. The minimum atomic E-state index is -0.252. The zero-order valence-corrected chi connectivity index (χ0v) is 8.54. The number of hydrogen-bond donors (Lipinski definition) is 2. The van der Waals surface area contributed by atoms with Crippen LogP contribution in [-0.2, 0) is 16.1 Å². The van der Waals surface area contributed by atoms with Gasteiger partial charge in [0.1, 0.15) is 6.61 Å². The van der Waals surface area contributed by atoms with Gasteiger partial charge in [0.25, 0.3) is 0 Å². The molecule has 0 aromatic heterocycles. The highest BCUT2D eigenvalue weighted by molar-refractivity contribution is 5.65. The lowest BCUT2D eigenvalue weighted by Crippen LogP contribution is -1.98. The van der Waals surface area contributed by atoms with E-state index in [1.807, 2.05) is 31.3 Å². The second-order valence-electron chi connectivity index (χ2n) is 2.73. The lowest BCUT2D eigenvalue weighted by molar-refractivity contribution is -0.142. The topological polar surface area (TPSA) is 73.3 Å². The van der Waals surface area contributed by atoms with Gasteiger partial charge in [0.05, 0.1) is 0 Å². The Hall–Kier alpha value is -1.55. The average Bonchev–Trinajstić information content (AvgIpc) is 2.15. The van der Waals surface area contributed by atoms with E-state index in [0.717, 1.165) is 11.3 Å². The Morgan fingerprint density at radius 3 is 2.43 bits per heavy atom. The van der Waals surface area contributed by atoms with Crippen molar-refractivity contribution in [3.8, 4) is 0 Å². The first kappa shape index (κ1) is 12.4. The molecule has 0 amide bonds. The van der Waals surface area contributed by atoms with Gasteiger partial charge in [-0.05, 0) is 17.7 Å². The van der Waals surface area contributed by atoms with Gasteiger partial charge in [-0.2, -0.15) is 0 Å². The van der Waals surface area contributed by atoms with E-state index in [-0.39, 0.29) is 13.5 Å². The van der Waals surface area contributed by atoms with E-state index in [0.29, 0.717) is 6.61 Å². The number of rotatable bonds is 3. The van der Waals surface area contributed by atoms with Crippen LogP contribution in [0.1, 0.15) is 13.9 Å². The highest BCUT2D eigenvalue weighted by atomic mass is 16.5. The number of carbonyl (C=O) groups is 1. The van der Waals surface area contributed by atoms with Crippen LogP contribution in [0, 0.1) is 0 Å². The van der Waals surface area contributed by atoms with Gasteiger partial charge in [-0.25, -0.2) is 0 Å². The monoisotopic (exact) mass is 198 g/mol. The largest absolute Gasteiger partial charge is 0.461 e. The van der Waals surface area contributed by atoms with E-state index in [2.05, 4.69) is 5.32 Å². The summed E-state index contributed by atoms with van der Waals surface area (Å²) in [6.07, 6.45) is 0. The first-order chi connectivity index (χ1) is 6.22. The fraction of sp³-hybridized carbons (Fsp3) is 0.300. The summed E-state index contributed by atoms with van der Waals surface area (Å²) in [5, 5.41) is 3.01. The van der Waals surface area contributed by atoms with Crippen molar-refractivity contribution < 1.29 is 11.0 Å². The van der Waals surface area contributed by atoms with Crippen LogP contribution in [0.25, 0.3) is 0 Å². The van der Waals surface area contributed by atoms with Crippen LogP contribution in [0.2, 0.25) is 0 Å². The van der Waals surface area contributed by atoms with Gasteiger partial charge < -0.3 is 16.2 Å². The van der Waals surface area contributed by atoms with E-state index in [1.165, 1.54) is 6.92 Å². The standard InChI is InChI=1S/C10H13NO2.H3N.H2/c1-8(12)13-7-9-3-5-10(11-2)6-4-9;;/h3-6,11H,7H2,1-2H3;1H3;1H. The Morgan fingerprint density at radius 2 is 2.00 bits per heavy atom. The van der Waals surface area contributed by atoms with Gasteiger partial charge in [0, 0.05) is 21.1 Å². The summed E-state index contributed by atoms with van der Waals surface area (Å²) >= 11 is 0. The lowest BCUT2D eigenvalue weighted by atomic mass is 10.2. The van der Waals surface area contributed by atoms with Crippen molar-refractivity contribution in [3.63, 3.8) is 0 Å². The maximum absolute atomic E-state index is 10.5. The molecule has 0 aliphatic carbocycles. The summed E-state index contributed by atoms with van der Waals surface area (Å²) in [6, 6.07) is 7.74. The minimum Gasteiger partial charge on any atom is -0.461 e. The van der Waals surface area contributed by atoms with Crippen molar-refractivity contribution in [1.29, 1.82) is 0 Å². The highest BCUT2D eigenvalue weighted by Gasteiger charge is 1.95. The van der Waals surface area contributed by atoms with Crippen LogP contribution in [0.5, 0.6) is 0 Å². The first-order valence-electron chi connectivity index (χ1n) is 4.12. The maximum Gasteiger partial charge on any atom is 0.302 e. The van der Waals surface area contributed by atoms with Gasteiger partial charge in [0.2, 0.25) is 0 Å². The Bertz CT molecular complexity index is 288. The predicted molar refractivity (Wildman–Crippen MR) is 58.6 cm³/mol. The number of ether oxygens (including phenoxy) is 1. The SMILES string of the molecule is CNc1ccc(COC(C)=O)cc1.N.[HH]. The van der Waals surface area contributed by atoms with Gasteiger partial charge in [-0.1, -0.05) is 12.1 Å². The van der Waals surface area contributed by atoms with Gasteiger partial charge in [0.15, 0.2) is 0 Å². The second-order valence-corrected chi connectivity index (χ2v) is 2.73. The summed E-state index contributed by atoms with van der Waals surface area (Å²) in [5.74, 6) is -0.252. The summed E-state index contributed by atoms with van der Waals surface area (Å²) in [7, 11) is 1.86. The van der Waals surface area contributed by atoms with Crippen LogP contribution in [0.4, 0.5) is 5.69 Å². The van der Waals surface area contributed by atoms with Crippen LogP contribution >= 0.6 is 0 Å². The number of esters is 1. The smallest absolute Gasteiger partial charge is 0.302 e. The van der Waals surface area contributed by atoms with Crippen LogP contribution < -0.4 is 11.5 Å². The molecule has 1 rings (SSSR count). The predicted octanol–water partition coefficient (Wildman–Crippen LogP) is 2.20.